The van der Waals surface area contributed by atoms with Gasteiger partial charge in [-0.1, -0.05) is 48.2 Å². The summed E-state index contributed by atoms with van der Waals surface area (Å²) in [6.07, 6.45) is 5.23. The molecule has 0 atom stereocenters. The molecule has 1 aliphatic heterocycles. The molecule has 5 heteroatoms. The van der Waals surface area contributed by atoms with Gasteiger partial charge in [0.25, 0.3) is 5.91 Å². The Labute approximate surface area is 158 Å². The molecular weight excluding hydrogens is 355 g/mol. The zero-order valence-corrected chi connectivity index (χ0v) is 15.6. The second-order valence-electron chi connectivity index (χ2n) is 6.50. The first-order valence-corrected chi connectivity index (χ1v) is 9.44. The molecule has 0 aromatic heterocycles. The molecule has 1 heterocycles. The van der Waals surface area contributed by atoms with Gasteiger partial charge in [0.1, 0.15) is 0 Å². The summed E-state index contributed by atoms with van der Waals surface area (Å²) in [6.45, 7) is 3.28. The van der Waals surface area contributed by atoms with Crippen molar-refractivity contribution in [3.63, 3.8) is 0 Å². The van der Waals surface area contributed by atoms with Crippen LogP contribution in [0.4, 0.5) is 5.69 Å². The van der Waals surface area contributed by atoms with Gasteiger partial charge in [0.05, 0.1) is 0 Å². The van der Waals surface area contributed by atoms with Crippen LogP contribution >= 0.6 is 23.2 Å². The maximum absolute atomic E-state index is 12.4. The van der Waals surface area contributed by atoms with Crippen LogP contribution < -0.4 is 5.32 Å². The number of carbonyl (C=O) groups excluding carboxylic acids is 1. The summed E-state index contributed by atoms with van der Waals surface area (Å²) in [5.41, 5.74) is 2.45. The van der Waals surface area contributed by atoms with Gasteiger partial charge in [-0.2, -0.15) is 0 Å². The third kappa shape index (κ3) is 5.46. The van der Waals surface area contributed by atoms with Crippen LogP contribution in [-0.4, -0.2) is 23.9 Å². The van der Waals surface area contributed by atoms with Crippen LogP contribution in [0.3, 0.4) is 0 Å². The van der Waals surface area contributed by atoms with Gasteiger partial charge in [-0.05, 0) is 61.8 Å². The molecule has 3 nitrogen and oxygen atoms in total. The summed E-state index contributed by atoms with van der Waals surface area (Å²) in [6, 6.07) is 12.8. The summed E-state index contributed by atoms with van der Waals surface area (Å²) in [7, 11) is 0. The number of likely N-dealkylation sites (tertiary alicyclic amines) is 1. The lowest BCUT2D eigenvalue weighted by molar-refractivity contribution is 0.102. The van der Waals surface area contributed by atoms with E-state index in [1.807, 2.05) is 24.3 Å². The van der Waals surface area contributed by atoms with E-state index in [0.717, 1.165) is 19.6 Å². The van der Waals surface area contributed by atoms with Crippen molar-refractivity contribution in [2.75, 3.05) is 18.4 Å². The van der Waals surface area contributed by atoms with Gasteiger partial charge in [-0.15, -0.1) is 0 Å². The molecule has 0 spiro atoms. The van der Waals surface area contributed by atoms with E-state index >= 15 is 0 Å². The summed E-state index contributed by atoms with van der Waals surface area (Å²) in [5, 5.41) is 3.82. The fraction of sp³-hybridized carbons (Fsp3) is 0.350. The smallest absolute Gasteiger partial charge is 0.255 e. The number of carbonyl (C=O) groups is 1. The number of rotatable bonds is 4. The summed E-state index contributed by atoms with van der Waals surface area (Å²) in [5.74, 6) is -0.167. The Morgan fingerprint density at radius 1 is 0.920 bits per heavy atom. The largest absolute Gasteiger partial charge is 0.322 e. The molecule has 1 saturated heterocycles. The highest BCUT2D eigenvalue weighted by atomic mass is 35.5. The molecule has 2 aromatic rings. The topological polar surface area (TPSA) is 32.3 Å². The SMILES string of the molecule is O=C(Nc1cc(Cl)cc(Cl)c1)c1ccc(CN2CCCCCC2)cc1. The molecule has 3 rings (SSSR count). The van der Waals surface area contributed by atoms with Gasteiger partial charge in [0, 0.05) is 27.8 Å². The predicted molar refractivity (Wildman–Crippen MR) is 105 cm³/mol. The highest BCUT2D eigenvalue weighted by Gasteiger charge is 2.11. The van der Waals surface area contributed by atoms with Gasteiger partial charge in [-0.25, -0.2) is 0 Å². The molecule has 1 fully saturated rings. The van der Waals surface area contributed by atoms with Crippen molar-refractivity contribution in [3.8, 4) is 0 Å². The molecule has 25 heavy (non-hydrogen) atoms. The van der Waals surface area contributed by atoms with Crippen molar-refractivity contribution in [1.29, 1.82) is 0 Å². The van der Waals surface area contributed by atoms with Crippen molar-refractivity contribution in [3.05, 3.63) is 63.6 Å². The van der Waals surface area contributed by atoms with Crippen molar-refractivity contribution >= 4 is 34.8 Å². The molecule has 0 bridgehead atoms. The average Bonchev–Trinajstić information content (AvgIpc) is 2.83. The maximum atomic E-state index is 12.4. The minimum absolute atomic E-state index is 0.167. The van der Waals surface area contributed by atoms with Crippen LogP contribution in [0.1, 0.15) is 41.6 Å². The minimum Gasteiger partial charge on any atom is -0.322 e. The summed E-state index contributed by atoms with van der Waals surface area (Å²) in [4.78, 5) is 14.9. The maximum Gasteiger partial charge on any atom is 0.255 e. The molecule has 0 aliphatic carbocycles. The van der Waals surface area contributed by atoms with Crippen molar-refractivity contribution in [2.24, 2.45) is 0 Å². The lowest BCUT2D eigenvalue weighted by Crippen LogP contribution is -2.24. The average molecular weight is 377 g/mol. The number of nitrogens with one attached hydrogen (secondary N) is 1. The molecule has 0 radical (unpaired) electrons. The zero-order valence-electron chi connectivity index (χ0n) is 14.1. The lowest BCUT2D eigenvalue weighted by atomic mass is 10.1. The first-order chi connectivity index (χ1) is 12.1. The van der Waals surface area contributed by atoms with Crippen molar-refractivity contribution in [1.82, 2.24) is 4.90 Å². The number of hydrogen-bond acceptors (Lipinski definition) is 2. The Bertz CT molecular complexity index is 703. The van der Waals surface area contributed by atoms with Gasteiger partial charge >= 0.3 is 0 Å². The Morgan fingerprint density at radius 3 is 2.12 bits per heavy atom. The van der Waals surface area contributed by atoms with Crippen LogP contribution in [0.2, 0.25) is 10.0 Å². The molecule has 132 valence electrons. The molecular formula is C20H22Cl2N2O. The van der Waals surface area contributed by atoms with Crippen LogP contribution in [0.25, 0.3) is 0 Å². The van der Waals surface area contributed by atoms with Gasteiger partial charge in [-0.3, -0.25) is 9.69 Å². The van der Waals surface area contributed by atoms with E-state index in [2.05, 4.69) is 10.2 Å². The number of hydrogen-bond donors (Lipinski definition) is 1. The summed E-state index contributed by atoms with van der Waals surface area (Å²) >= 11 is 11.9. The van der Waals surface area contributed by atoms with E-state index in [0.29, 0.717) is 21.3 Å². The first-order valence-electron chi connectivity index (χ1n) is 8.69. The van der Waals surface area contributed by atoms with Crippen LogP contribution in [-0.2, 0) is 6.54 Å². The third-order valence-electron chi connectivity index (χ3n) is 4.44. The standard InChI is InChI=1S/C20H22Cl2N2O/c21-17-11-18(22)13-19(12-17)23-20(25)16-7-5-15(6-8-16)14-24-9-3-1-2-4-10-24/h5-8,11-13H,1-4,9-10,14H2,(H,23,25). The quantitative estimate of drug-likeness (QED) is 0.750. The summed E-state index contributed by atoms with van der Waals surface area (Å²) < 4.78 is 0. The molecule has 1 N–H and O–H groups in total. The Morgan fingerprint density at radius 2 is 1.52 bits per heavy atom. The van der Waals surface area contributed by atoms with Crippen molar-refractivity contribution in [2.45, 2.75) is 32.2 Å². The van der Waals surface area contributed by atoms with Crippen LogP contribution in [0, 0.1) is 0 Å². The molecule has 1 aliphatic rings. The highest BCUT2D eigenvalue weighted by molar-refractivity contribution is 6.35. The number of benzene rings is 2. The monoisotopic (exact) mass is 376 g/mol. The van der Waals surface area contributed by atoms with E-state index < -0.39 is 0 Å². The van der Waals surface area contributed by atoms with E-state index in [1.165, 1.54) is 31.2 Å². The molecule has 0 unspecified atom stereocenters. The van der Waals surface area contributed by atoms with E-state index in [1.54, 1.807) is 18.2 Å². The van der Waals surface area contributed by atoms with Gasteiger partial charge in [0.2, 0.25) is 0 Å². The number of halogens is 2. The van der Waals surface area contributed by atoms with E-state index in [9.17, 15) is 4.79 Å². The van der Waals surface area contributed by atoms with Crippen LogP contribution in [0.15, 0.2) is 42.5 Å². The Balaban J connectivity index is 1.61. The zero-order chi connectivity index (χ0) is 17.6. The van der Waals surface area contributed by atoms with Crippen molar-refractivity contribution < 1.29 is 4.79 Å². The molecule has 1 amide bonds. The predicted octanol–water partition coefficient (Wildman–Crippen LogP) is 5.62. The minimum atomic E-state index is -0.167. The Hall–Kier alpha value is -1.55. The molecule has 0 saturated carbocycles. The number of nitrogens with zero attached hydrogens (tertiary/aromatic N) is 1. The van der Waals surface area contributed by atoms with Gasteiger partial charge in [0.15, 0.2) is 0 Å². The molecule has 2 aromatic carbocycles. The Kier molecular flexibility index (Phi) is 6.35. The first kappa shape index (κ1) is 18.2. The fourth-order valence-corrected chi connectivity index (χ4v) is 3.67. The normalized spacial score (nSPS) is 15.6. The van der Waals surface area contributed by atoms with Crippen LogP contribution in [0.5, 0.6) is 0 Å². The fourth-order valence-electron chi connectivity index (χ4n) is 3.14. The van der Waals surface area contributed by atoms with E-state index in [4.69, 9.17) is 23.2 Å². The lowest BCUT2D eigenvalue weighted by Gasteiger charge is -2.19. The second kappa shape index (κ2) is 8.70. The third-order valence-corrected chi connectivity index (χ3v) is 4.88. The number of anilines is 1. The highest BCUT2D eigenvalue weighted by Crippen LogP contribution is 2.23. The number of amides is 1. The van der Waals surface area contributed by atoms with E-state index in [-0.39, 0.29) is 5.91 Å². The second-order valence-corrected chi connectivity index (χ2v) is 7.37. The van der Waals surface area contributed by atoms with Gasteiger partial charge < -0.3 is 5.32 Å².